The Kier molecular flexibility index (Phi) is 7.89. The lowest BCUT2D eigenvalue weighted by molar-refractivity contribution is -0.155. The Balaban J connectivity index is 1.70. The first-order valence-corrected chi connectivity index (χ1v) is 10.8. The van der Waals surface area contributed by atoms with Crippen molar-refractivity contribution in [1.29, 1.82) is 0 Å². The number of hydrogen-bond donors (Lipinski definition) is 1. The summed E-state index contributed by atoms with van der Waals surface area (Å²) >= 11 is 0. The highest BCUT2D eigenvalue weighted by Crippen LogP contribution is 2.30. The molecule has 2 aromatic carbocycles. The molecule has 0 bridgehead atoms. The summed E-state index contributed by atoms with van der Waals surface area (Å²) in [5, 5.41) is 2.87. The van der Waals surface area contributed by atoms with Crippen LogP contribution in [-0.4, -0.2) is 19.0 Å². The third-order valence-electron chi connectivity index (χ3n) is 5.68. The van der Waals surface area contributed by atoms with E-state index in [1.54, 1.807) is 25.3 Å². The fourth-order valence-electron chi connectivity index (χ4n) is 4.01. The number of rotatable bonds is 8. The third kappa shape index (κ3) is 6.09. The molecule has 3 rings (SSSR count). The van der Waals surface area contributed by atoms with E-state index in [0.717, 1.165) is 12.0 Å². The number of hydrogen-bond acceptors (Lipinski definition) is 4. The minimum atomic E-state index is -1.00. The minimum absolute atomic E-state index is 0.333. The summed E-state index contributed by atoms with van der Waals surface area (Å²) in [5.74, 6) is 0.424. The summed E-state index contributed by atoms with van der Waals surface area (Å²) in [4.78, 5) is 25.7. The Hall–Kier alpha value is -2.82. The average Bonchev–Trinajstić information content (AvgIpc) is 2.77. The van der Waals surface area contributed by atoms with Crippen molar-refractivity contribution in [2.45, 2.75) is 58.0 Å². The van der Waals surface area contributed by atoms with Gasteiger partial charge in [-0.25, -0.2) is 0 Å². The van der Waals surface area contributed by atoms with E-state index >= 15 is 0 Å². The maximum atomic E-state index is 13.1. The van der Waals surface area contributed by atoms with Crippen LogP contribution in [0.4, 0.5) is 5.69 Å². The molecule has 0 aromatic heterocycles. The number of benzene rings is 2. The highest BCUT2D eigenvalue weighted by Gasteiger charge is 2.26. The molecule has 1 aliphatic carbocycles. The van der Waals surface area contributed by atoms with Gasteiger partial charge in [0.2, 0.25) is 6.10 Å². The van der Waals surface area contributed by atoms with Crippen LogP contribution in [0.15, 0.2) is 48.5 Å². The van der Waals surface area contributed by atoms with Gasteiger partial charge in [-0.15, -0.1) is 0 Å². The molecule has 2 aromatic rings. The van der Waals surface area contributed by atoms with Crippen LogP contribution in [0.25, 0.3) is 0 Å². The predicted octanol–water partition coefficient (Wildman–Crippen LogP) is 5.59. The van der Waals surface area contributed by atoms with Crippen molar-refractivity contribution in [3.8, 4) is 5.75 Å². The van der Waals surface area contributed by atoms with Gasteiger partial charge in [0.15, 0.2) is 0 Å². The number of anilines is 1. The molecule has 1 unspecified atom stereocenters. The maximum absolute atomic E-state index is 13.1. The quantitative estimate of drug-likeness (QED) is 0.578. The van der Waals surface area contributed by atoms with E-state index in [4.69, 9.17) is 9.47 Å². The Morgan fingerprint density at radius 1 is 1.07 bits per heavy atom. The fraction of sp³-hybridized carbons (Fsp3) is 0.440. The molecular formula is C25H31NO4. The van der Waals surface area contributed by atoms with Gasteiger partial charge >= 0.3 is 5.97 Å². The van der Waals surface area contributed by atoms with Crippen molar-refractivity contribution in [1.82, 2.24) is 0 Å². The monoisotopic (exact) mass is 409 g/mol. The number of carbonyl (C=O) groups excluding carboxylic acids is 2. The molecular weight excluding hydrogens is 378 g/mol. The lowest BCUT2D eigenvalue weighted by atomic mass is 9.86. The summed E-state index contributed by atoms with van der Waals surface area (Å²) < 4.78 is 11.0. The number of methoxy groups -OCH3 is 1. The SMILES string of the molecule is COc1ccc(C)cc1NC(=O)C(OC(=O)CCC1CCCCC1)c1ccccc1. The molecule has 1 atom stereocenters. The minimum Gasteiger partial charge on any atom is -0.495 e. The van der Waals surface area contributed by atoms with Gasteiger partial charge in [0, 0.05) is 12.0 Å². The molecule has 30 heavy (non-hydrogen) atoms. The van der Waals surface area contributed by atoms with Crippen LogP contribution < -0.4 is 10.1 Å². The summed E-state index contributed by atoms with van der Waals surface area (Å²) in [6.07, 6.45) is 6.31. The number of ether oxygens (including phenoxy) is 2. The van der Waals surface area contributed by atoms with Crippen LogP contribution in [0.3, 0.4) is 0 Å². The predicted molar refractivity (Wildman–Crippen MR) is 117 cm³/mol. The first kappa shape index (κ1) is 21.9. The van der Waals surface area contributed by atoms with Crippen LogP contribution in [0.2, 0.25) is 0 Å². The van der Waals surface area contributed by atoms with Crippen LogP contribution in [0.1, 0.15) is 62.2 Å². The smallest absolute Gasteiger partial charge is 0.306 e. The molecule has 0 radical (unpaired) electrons. The zero-order chi connectivity index (χ0) is 21.3. The van der Waals surface area contributed by atoms with Crippen molar-refractivity contribution in [2.75, 3.05) is 12.4 Å². The summed E-state index contributed by atoms with van der Waals surface area (Å²) in [6.45, 7) is 1.94. The number of carbonyl (C=O) groups is 2. The van der Waals surface area contributed by atoms with E-state index in [1.807, 2.05) is 37.3 Å². The molecule has 0 saturated heterocycles. The Labute approximate surface area is 178 Å². The molecule has 0 aliphatic heterocycles. The fourth-order valence-corrected chi connectivity index (χ4v) is 4.01. The number of nitrogens with one attached hydrogen (secondary N) is 1. The van der Waals surface area contributed by atoms with Crippen LogP contribution in [0.5, 0.6) is 5.75 Å². The summed E-state index contributed by atoms with van der Waals surface area (Å²) in [5.41, 5.74) is 2.20. The molecule has 5 heteroatoms. The topological polar surface area (TPSA) is 64.6 Å². The average molecular weight is 410 g/mol. The number of amides is 1. The first-order valence-electron chi connectivity index (χ1n) is 10.8. The Bertz CT molecular complexity index is 843. The van der Waals surface area contributed by atoms with E-state index in [9.17, 15) is 9.59 Å². The second-order valence-electron chi connectivity index (χ2n) is 8.02. The molecule has 0 heterocycles. The van der Waals surface area contributed by atoms with E-state index in [1.165, 1.54) is 32.1 Å². The van der Waals surface area contributed by atoms with Crippen LogP contribution in [0, 0.1) is 12.8 Å². The van der Waals surface area contributed by atoms with Crippen LogP contribution >= 0.6 is 0 Å². The van der Waals surface area contributed by atoms with Gasteiger partial charge in [0.1, 0.15) is 5.75 Å². The normalized spacial score (nSPS) is 15.3. The summed E-state index contributed by atoms with van der Waals surface area (Å²) in [7, 11) is 1.56. The molecule has 1 N–H and O–H groups in total. The van der Waals surface area contributed by atoms with Gasteiger partial charge in [-0.2, -0.15) is 0 Å². The zero-order valence-electron chi connectivity index (χ0n) is 17.9. The van der Waals surface area contributed by atoms with E-state index in [2.05, 4.69) is 5.32 Å². The van der Waals surface area contributed by atoms with Crippen molar-refractivity contribution in [3.63, 3.8) is 0 Å². The lowest BCUT2D eigenvalue weighted by Crippen LogP contribution is -2.26. The lowest BCUT2D eigenvalue weighted by Gasteiger charge is -2.22. The van der Waals surface area contributed by atoms with Gasteiger partial charge in [0.25, 0.3) is 5.91 Å². The van der Waals surface area contributed by atoms with Crippen molar-refractivity contribution in [3.05, 3.63) is 59.7 Å². The van der Waals surface area contributed by atoms with E-state index < -0.39 is 12.0 Å². The second-order valence-corrected chi connectivity index (χ2v) is 8.02. The van der Waals surface area contributed by atoms with E-state index in [-0.39, 0.29) is 5.97 Å². The second kappa shape index (κ2) is 10.8. The molecule has 1 fully saturated rings. The van der Waals surface area contributed by atoms with Crippen molar-refractivity contribution < 1.29 is 19.1 Å². The number of esters is 1. The molecule has 1 amide bonds. The van der Waals surface area contributed by atoms with Crippen LogP contribution in [-0.2, 0) is 14.3 Å². The highest BCUT2D eigenvalue weighted by atomic mass is 16.5. The van der Waals surface area contributed by atoms with Gasteiger partial charge in [0.05, 0.1) is 12.8 Å². The molecule has 0 spiro atoms. The standard InChI is InChI=1S/C25H31NO4/c1-18-13-15-22(29-2)21(17-18)26-25(28)24(20-11-7-4-8-12-20)30-23(27)16-14-19-9-5-3-6-10-19/h4,7-8,11-13,15,17,19,24H,3,5-6,9-10,14,16H2,1-2H3,(H,26,28). The van der Waals surface area contributed by atoms with Gasteiger partial charge < -0.3 is 14.8 Å². The molecule has 160 valence electrons. The zero-order valence-corrected chi connectivity index (χ0v) is 17.9. The Morgan fingerprint density at radius 3 is 2.50 bits per heavy atom. The first-order chi connectivity index (χ1) is 14.6. The van der Waals surface area contributed by atoms with Gasteiger partial charge in [-0.3, -0.25) is 9.59 Å². The molecule has 5 nitrogen and oxygen atoms in total. The largest absolute Gasteiger partial charge is 0.495 e. The Morgan fingerprint density at radius 2 is 1.80 bits per heavy atom. The van der Waals surface area contributed by atoms with Gasteiger partial charge in [-0.05, 0) is 37.0 Å². The van der Waals surface area contributed by atoms with Gasteiger partial charge in [-0.1, -0.05) is 68.5 Å². The van der Waals surface area contributed by atoms with E-state index in [0.29, 0.717) is 29.3 Å². The maximum Gasteiger partial charge on any atom is 0.306 e. The highest BCUT2D eigenvalue weighted by molar-refractivity contribution is 5.97. The molecule has 1 saturated carbocycles. The summed E-state index contributed by atoms with van der Waals surface area (Å²) in [6, 6.07) is 14.7. The van der Waals surface area contributed by atoms with Crippen molar-refractivity contribution >= 4 is 17.6 Å². The number of aryl methyl sites for hydroxylation is 1. The third-order valence-corrected chi connectivity index (χ3v) is 5.68. The molecule has 1 aliphatic rings. The van der Waals surface area contributed by atoms with Crippen molar-refractivity contribution in [2.24, 2.45) is 5.92 Å².